The predicted octanol–water partition coefficient (Wildman–Crippen LogP) is 4.14. The van der Waals surface area contributed by atoms with Gasteiger partial charge in [0.2, 0.25) is 0 Å². The molecule has 2 rings (SSSR count). The summed E-state index contributed by atoms with van der Waals surface area (Å²) in [6.07, 6.45) is 0.837. The Balaban J connectivity index is 1.72. The van der Waals surface area contributed by atoms with Crippen molar-refractivity contribution < 1.29 is 9.53 Å². The van der Waals surface area contributed by atoms with Crippen LogP contribution in [0, 0.1) is 5.92 Å². The predicted molar refractivity (Wildman–Crippen MR) is 77.1 cm³/mol. The molecule has 1 aliphatic rings. The summed E-state index contributed by atoms with van der Waals surface area (Å²) in [5.41, 5.74) is -0.425. The molecule has 0 aliphatic heterocycles. The van der Waals surface area contributed by atoms with Crippen LogP contribution in [0.25, 0.3) is 0 Å². The van der Waals surface area contributed by atoms with Crippen LogP contribution in [-0.2, 0) is 4.74 Å². The quantitative estimate of drug-likeness (QED) is 0.903. The summed E-state index contributed by atoms with van der Waals surface area (Å²) >= 11 is 5.25. The number of carbonyl (C=O) groups is 1. The van der Waals surface area contributed by atoms with Crippen molar-refractivity contribution >= 4 is 33.4 Å². The van der Waals surface area contributed by atoms with Crippen LogP contribution in [0.5, 0.6) is 0 Å². The number of alkyl carbamates (subject to hydrolysis) is 1. The summed E-state index contributed by atoms with van der Waals surface area (Å²) < 4.78 is 6.38. The van der Waals surface area contributed by atoms with E-state index < -0.39 is 5.60 Å². The van der Waals surface area contributed by atoms with Crippen molar-refractivity contribution in [3.63, 3.8) is 0 Å². The molecule has 3 nitrogen and oxygen atoms in total. The van der Waals surface area contributed by atoms with Gasteiger partial charge in [-0.2, -0.15) is 0 Å². The van der Waals surface area contributed by atoms with E-state index in [1.54, 1.807) is 11.3 Å². The SMILES string of the molecule is CC(C)(C)OC(=O)NC[C@@H]1C[C@H]1c1ccc(Br)s1. The molecule has 1 saturated carbocycles. The highest BCUT2D eigenvalue weighted by Gasteiger charge is 2.39. The molecule has 1 amide bonds. The van der Waals surface area contributed by atoms with E-state index in [4.69, 9.17) is 4.74 Å². The van der Waals surface area contributed by atoms with Crippen molar-refractivity contribution in [2.24, 2.45) is 5.92 Å². The standard InChI is InChI=1S/C13H18BrNO2S/c1-13(2,3)17-12(16)15-7-8-6-9(8)10-4-5-11(14)18-10/h4-5,8-9H,6-7H2,1-3H3,(H,15,16)/t8-,9+/m0/s1. The first-order valence-corrected chi connectivity index (χ1v) is 7.68. The fourth-order valence-corrected chi connectivity index (χ4v) is 3.51. The van der Waals surface area contributed by atoms with Crippen LogP contribution >= 0.6 is 27.3 Å². The second-order valence-corrected chi connectivity index (χ2v) is 8.12. The number of hydrogen-bond donors (Lipinski definition) is 1. The van der Waals surface area contributed by atoms with Crippen molar-refractivity contribution in [1.29, 1.82) is 0 Å². The molecule has 5 heteroatoms. The molecule has 18 heavy (non-hydrogen) atoms. The lowest BCUT2D eigenvalue weighted by Gasteiger charge is -2.19. The summed E-state index contributed by atoms with van der Waals surface area (Å²) in [7, 11) is 0. The molecule has 1 aromatic rings. The van der Waals surface area contributed by atoms with E-state index in [9.17, 15) is 4.79 Å². The largest absolute Gasteiger partial charge is 0.444 e. The summed E-state index contributed by atoms with van der Waals surface area (Å²) in [6.45, 7) is 6.32. The maximum atomic E-state index is 11.5. The van der Waals surface area contributed by atoms with Crippen molar-refractivity contribution in [3.8, 4) is 0 Å². The Morgan fingerprint density at radius 2 is 2.28 bits per heavy atom. The van der Waals surface area contributed by atoms with Crippen LogP contribution in [0.15, 0.2) is 15.9 Å². The van der Waals surface area contributed by atoms with Crippen molar-refractivity contribution in [2.45, 2.75) is 38.7 Å². The molecule has 100 valence electrons. The van der Waals surface area contributed by atoms with Gasteiger partial charge in [-0.05, 0) is 67.1 Å². The Morgan fingerprint density at radius 3 is 2.83 bits per heavy atom. The fraction of sp³-hybridized carbons (Fsp3) is 0.615. The summed E-state index contributed by atoms with van der Waals surface area (Å²) in [5.74, 6) is 1.17. The maximum Gasteiger partial charge on any atom is 0.407 e. The maximum absolute atomic E-state index is 11.5. The zero-order valence-electron chi connectivity index (χ0n) is 10.8. The Morgan fingerprint density at radius 1 is 1.56 bits per heavy atom. The van der Waals surface area contributed by atoms with Crippen molar-refractivity contribution in [3.05, 3.63) is 20.8 Å². The van der Waals surface area contributed by atoms with Gasteiger partial charge < -0.3 is 10.1 Å². The number of rotatable bonds is 3. The smallest absolute Gasteiger partial charge is 0.407 e. The van der Waals surface area contributed by atoms with Gasteiger partial charge in [0.05, 0.1) is 3.79 Å². The third kappa shape index (κ3) is 3.99. The highest BCUT2D eigenvalue weighted by atomic mass is 79.9. The van der Waals surface area contributed by atoms with Crippen LogP contribution < -0.4 is 5.32 Å². The third-order valence-corrected chi connectivity index (χ3v) is 4.55. The Labute approximate surface area is 120 Å². The van der Waals surface area contributed by atoms with Gasteiger partial charge in [0, 0.05) is 11.4 Å². The van der Waals surface area contributed by atoms with Gasteiger partial charge in [-0.3, -0.25) is 0 Å². The molecule has 0 radical (unpaired) electrons. The van der Waals surface area contributed by atoms with Gasteiger partial charge in [-0.25, -0.2) is 4.79 Å². The second kappa shape index (κ2) is 5.21. The zero-order valence-corrected chi connectivity index (χ0v) is 13.2. The topological polar surface area (TPSA) is 38.3 Å². The Hall–Kier alpha value is -0.550. The lowest BCUT2D eigenvalue weighted by Crippen LogP contribution is -2.33. The first-order chi connectivity index (χ1) is 8.35. The number of amides is 1. The molecule has 0 bridgehead atoms. The van der Waals surface area contributed by atoms with Crippen molar-refractivity contribution in [1.82, 2.24) is 5.32 Å². The summed E-state index contributed by atoms with van der Waals surface area (Å²) in [5, 5.41) is 2.84. The monoisotopic (exact) mass is 331 g/mol. The molecule has 1 heterocycles. The van der Waals surface area contributed by atoms with E-state index in [1.165, 1.54) is 8.66 Å². The number of halogens is 1. The van der Waals surface area contributed by atoms with E-state index in [-0.39, 0.29) is 6.09 Å². The molecule has 2 atom stereocenters. The van der Waals surface area contributed by atoms with Gasteiger partial charge in [0.15, 0.2) is 0 Å². The normalized spacial score (nSPS) is 22.7. The number of thiophene rings is 1. The number of nitrogens with one attached hydrogen (secondary N) is 1. The van der Waals surface area contributed by atoms with Gasteiger partial charge in [-0.1, -0.05) is 0 Å². The van der Waals surface area contributed by atoms with E-state index in [0.717, 1.165) is 6.42 Å². The van der Waals surface area contributed by atoms with E-state index >= 15 is 0 Å². The molecular formula is C13H18BrNO2S. The minimum Gasteiger partial charge on any atom is -0.444 e. The highest BCUT2D eigenvalue weighted by molar-refractivity contribution is 9.11. The van der Waals surface area contributed by atoms with Gasteiger partial charge in [0.25, 0.3) is 0 Å². The number of hydrogen-bond acceptors (Lipinski definition) is 3. The van der Waals surface area contributed by atoms with Crippen molar-refractivity contribution in [2.75, 3.05) is 6.54 Å². The first-order valence-electron chi connectivity index (χ1n) is 6.07. The number of ether oxygens (including phenoxy) is 1. The lowest BCUT2D eigenvalue weighted by molar-refractivity contribution is 0.0525. The van der Waals surface area contributed by atoms with Gasteiger partial charge >= 0.3 is 6.09 Å². The highest BCUT2D eigenvalue weighted by Crippen LogP contribution is 2.49. The molecule has 0 spiro atoms. The molecule has 1 fully saturated rings. The van der Waals surface area contributed by atoms with E-state index in [0.29, 0.717) is 18.4 Å². The average molecular weight is 332 g/mol. The molecule has 1 aliphatic carbocycles. The van der Waals surface area contributed by atoms with Crippen LogP contribution in [0.3, 0.4) is 0 Å². The second-order valence-electron chi connectivity index (χ2n) is 5.63. The Bertz CT molecular complexity index is 438. The summed E-state index contributed by atoms with van der Waals surface area (Å²) in [6, 6.07) is 4.24. The van der Waals surface area contributed by atoms with Crippen LogP contribution in [0.4, 0.5) is 4.79 Å². The van der Waals surface area contributed by atoms with Crippen LogP contribution in [0.2, 0.25) is 0 Å². The van der Waals surface area contributed by atoms with Crippen LogP contribution in [0.1, 0.15) is 38.0 Å². The molecule has 0 unspecified atom stereocenters. The third-order valence-electron chi connectivity index (χ3n) is 2.79. The molecular weight excluding hydrogens is 314 g/mol. The fourth-order valence-electron chi connectivity index (χ4n) is 1.88. The minimum absolute atomic E-state index is 0.319. The van der Waals surface area contributed by atoms with Gasteiger partial charge in [0.1, 0.15) is 5.60 Å². The molecule has 0 aromatic carbocycles. The molecule has 1 aromatic heterocycles. The van der Waals surface area contributed by atoms with E-state index in [1.807, 2.05) is 20.8 Å². The van der Waals surface area contributed by atoms with Gasteiger partial charge in [-0.15, -0.1) is 11.3 Å². The molecule has 0 saturated heterocycles. The summed E-state index contributed by atoms with van der Waals surface area (Å²) in [4.78, 5) is 12.9. The molecule has 1 N–H and O–H groups in total. The average Bonchev–Trinajstić information content (AvgIpc) is 2.88. The zero-order chi connectivity index (χ0) is 13.3. The Kier molecular flexibility index (Phi) is 4.02. The lowest BCUT2D eigenvalue weighted by atomic mass is 10.2. The first kappa shape index (κ1) is 13.9. The minimum atomic E-state index is -0.425. The number of carbonyl (C=O) groups excluding carboxylic acids is 1. The van der Waals surface area contributed by atoms with Crippen LogP contribution in [-0.4, -0.2) is 18.2 Å². The van der Waals surface area contributed by atoms with E-state index in [2.05, 4.69) is 33.4 Å².